The predicted octanol–water partition coefficient (Wildman–Crippen LogP) is 13.9. The summed E-state index contributed by atoms with van der Waals surface area (Å²) in [4.78, 5) is 35.3. The van der Waals surface area contributed by atoms with E-state index < -0.39 is 0 Å². The number of rotatable bonds is 9. The Balaban J connectivity index is 1.05. The maximum atomic E-state index is 5.14. The molecule has 11 rings (SSSR count). The largest absolute Gasteiger partial charge is 0.253 e. The van der Waals surface area contributed by atoms with E-state index in [0.29, 0.717) is 34.9 Å². The van der Waals surface area contributed by atoms with Gasteiger partial charge in [-0.25, -0.2) is 29.9 Å². The minimum Gasteiger partial charge on any atom is -0.253 e. The van der Waals surface area contributed by atoms with E-state index in [1.165, 1.54) is 0 Å². The summed E-state index contributed by atoms with van der Waals surface area (Å²) in [6, 6.07) is 74.4. The van der Waals surface area contributed by atoms with E-state index in [0.717, 1.165) is 83.4 Å². The molecule has 0 N–H and O–H groups in total. The molecule has 0 saturated carbocycles. The average molecular weight is 834 g/mol. The molecule has 7 heteroatoms. The topological polar surface area (TPSA) is 90.2 Å². The Hall–Kier alpha value is -8.81. The SMILES string of the molecule is Cc1cccc(-c2ccc(-c3ccc(-c4nc(-c5ccccc5)nc(-c5ccc6ccccc6c5)n4)cc3)c(-c3ccccc3-c3nc(-c4ccccc4)nc(-c4ccccc4)n3)c2)n1. The van der Waals surface area contributed by atoms with Crippen LogP contribution in [0.2, 0.25) is 0 Å². The lowest BCUT2D eigenvalue weighted by Crippen LogP contribution is -2.01. The van der Waals surface area contributed by atoms with E-state index in [1.807, 2.05) is 110 Å². The van der Waals surface area contributed by atoms with Crippen LogP contribution in [-0.4, -0.2) is 34.9 Å². The van der Waals surface area contributed by atoms with Gasteiger partial charge in [0.05, 0.1) is 5.69 Å². The van der Waals surface area contributed by atoms with Gasteiger partial charge in [-0.1, -0.05) is 194 Å². The summed E-state index contributed by atoms with van der Waals surface area (Å²) in [6.07, 6.45) is 0. The first-order valence-corrected chi connectivity index (χ1v) is 21.6. The first-order chi connectivity index (χ1) is 32.1. The monoisotopic (exact) mass is 833 g/mol. The predicted molar refractivity (Wildman–Crippen MR) is 262 cm³/mol. The Morgan fingerprint density at radius 3 is 1.26 bits per heavy atom. The zero-order valence-corrected chi connectivity index (χ0v) is 35.4. The minimum absolute atomic E-state index is 0.583. The molecule has 8 aromatic carbocycles. The fraction of sp³-hybridized carbons (Fsp3) is 0.0172. The average Bonchev–Trinajstić information content (AvgIpc) is 3.39. The highest BCUT2D eigenvalue weighted by atomic mass is 15.0. The van der Waals surface area contributed by atoms with Crippen molar-refractivity contribution in [1.29, 1.82) is 0 Å². The molecular formula is C58H39N7. The van der Waals surface area contributed by atoms with Crippen LogP contribution in [0.25, 0.3) is 113 Å². The van der Waals surface area contributed by atoms with Crippen molar-refractivity contribution in [3.05, 3.63) is 224 Å². The van der Waals surface area contributed by atoms with Gasteiger partial charge in [-0.15, -0.1) is 0 Å². The molecule has 3 heterocycles. The lowest BCUT2D eigenvalue weighted by atomic mass is 9.89. The van der Waals surface area contributed by atoms with Gasteiger partial charge in [0.25, 0.3) is 0 Å². The Morgan fingerprint density at radius 2 is 0.677 bits per heavy atom. The van der Waals surface area contributed by atoms with Crippen molar-refractivity contribution < 1.29 is 0 Å². The van der Waals surface area contributed by atoms with Gasteiger partial charge >= 0.3 is 0 Å². The second-order valence-corrected chi connectivity index (χ2v) is 15.8. The maximum absolute atomic E-state index is 5.14. The Kier molecular flexibility index (Phi) is 10.3. The van der Waals surface area contributed by atoms with Gasteiger partial charge in [-0.2, -0.15) is 0 Å². The minimum atomic E-state index is 0.583. The van der Waals surface area contributed by atoms with Crippen LogP contribution >= 0.6 is 0 Å². The van der Waals surface area contributed by atoms with E-state index in [9.17, 15) is 0 Å². The maximum Gasteiger partial charge on any atom is 0.164 e. The van der Waals surface area contributed by atoms with Crippen LogP contribution in [-0.2, 0) is 0 Å². The van der Waals surface area contributed by atoms with Crippen molar-refractivity contribution >= 4 is 10.8 Å². The van der Waals surface area contributed by atoms with E-state index in [1.54, 1.807) is 0 Å². The van der Waals surface area contributed by atoms with Crippen molar-refractivity contribution in [2.45, 2.75) is 6.92 Å². The van der Waals surface area contributed by atoms with Gasteiger partial charge in [0, 0.05) is 44.6 Å². The molecule has 0 atom stereocenters. The fourth-order valence-electron chi connectivity index (χ4n) is 8.20. The van der Waals surface area contributed by atoms with Crippen molar-refractivity contribution in [2.75, 3.05) is 0 Å². The Labute approximate surface area is 377 Å². The summed E-state index contributed by atoms with van der Waals surface area (Å²) in [5.41, 5.74) is 12.4. The number of hydrogen-bond donors (Lipinski definition) is 0. The molecule has 0 aliphatic carbocycles. The standard InChI is InChI=1S/C58H39N7/c1-38-16-15-27-52(59-38)46-34-35-48(51(37-46)49-25-13-14-26-50(49)58-64-54(42-20-7-3-8-21-42)61-55(65-58)43-22-9-4-10-23-43)40-29-31-44(32-30-40)56-60-53(41-18-5-2-6-19-41)62-57(63-56)47-33-28-39-17-11-12-24-45(39)36-47/h2-37H,1H3. The number of fused-ring (bicyclic) bond motifs is 1. The molecule has 0 bridgehead atoms. The summed E-state index contributed by atoms with van der Waals surface area (Å²) in [5, 5.41) is 2.29. The number of pyridine rings is 1. The molecule has 0 spiro atoms. The zero-order valence-electron chi connectivity index (χ0n) is 35.4. The van der Waals surface area contributed by atoms with Crippen molar-refractivity contribution in [3.8, 4) is 102 Å². The molecule has 0 unspecified atom stereocenters. The van der Waals surface area contributed by atoms with Gasteiger partial charge in [0.2, 0.25) is 0 Å². The number of aryl methyl sites for hydroxylation is 1. The second-order valence-electron chi connectivity index (χ2n) is 15.8. The van der Waals surface area contributed by atoms with Crippen LogP contribution in [0.3, 0.4) is 0 Å². The third-order valence-electron chi connectivity index (χ3n) is 11.5. The van der Waals surface area contributed by atoms with E-state index in [4.69, 9.17) is 34.9 Å². The molecule has 0 fully saturated rings. The molecule has 0 aliphatic heterocycles. The summed E-state index contributed by atoms with van der Waals surface area (Å²) >= 11 is 0. The van der Waals surface area contributed by atoms with Crippen LogP contribution in [0.4, 0.5) is 0 Å². The molecule has 0 amide bonds. The Bertz CT molecular complexity index is 3430. The highest BCUT2D eigenvalue weighted by Gasteiger charge is 2.20. The fourth-order valence-corrected chi connectivity index (χ4v) is 8.20. The molecule has 0 saturated heterocycles. The van der Waals surface area contributed by atoms with Gasteiger partial charge < -0.3 is 0 Å². The highest BCUT2D eigenvalue weighted by Crippen LogP contribution is 2.41. The summed E-state index contributed by atoms with van der Waals surface area (Å²) < 4.78 is 0. The normalized spacial score (nSPS) is 11.2. The van der Waals surface area contributed by atoms with Gasteiger partial charge in [-0.05, 0) is 64.2 Å². The molecule has 11 aromatic rings. The van der Waals surface area contributed by atoms with Crippen LogP contribution in [0, 0.1) is 6.92 Å². The van der Waals surface area contributed by atoms with Gasteiger partial charge in [0.15, 0.2) is 34.9 Å². The van der Waals surface area contributed by atoms with Crippen LogP contribution in [0.1, 0.15) is 5.69 Å². The van der Waals surface area contributed by atoms with E-state index >= 15 is 0 Å². The first-order valence-electron chi connectivity index (χ1n) is 21.6. The molecule has 0 aliphatic rings. The van der Waals surface area contributed by atoms with Crippen LogP contribution in [0.5, 0.6) is 0 Å². The molecular weight excluding hydrogens is 795 g/mol. The van der Waals surface area contributed by atoms with Crippen molar-refractivity contribution in [1.82, 2.24) is 34.9 Å². The quantitative estimate of drug-likeness (QED) is 0.143. The summed E-state index contributed by atoms with van der Waals surface area (Å²) in [7, 11) is 0. The number of hydrogen-bond acceptors (Lipinski definition) is 7. The number of aromatic nitrogens is 7. The summed E-state index contributed by atoms with van der Waals surface area (Å²) in [6.45, 7) is 2.02. The first kappa shape index (κ1) is 39.1. The van der Waals surface area contributed by atoms with Gasteiger partial charge in [0.1, 0.15) is 0 Å². The lowest BCUT2D eigenvalue weighted by molar-refractivity contribution is 1.07. The van der Waals surface area contributed by atoms with E-state index in [-0.39, 0.29) is 0 Å². The molecule has 7 nitrogen and oxygen atoms in total. The molecule has 306 valence electrons. The van der Waals surface area contributed by atoms with E-state index in [2.05, 4.69) is 115 Å². The molecule has 65 heavy (non-hydrogen) atoms. The Morgan fingerprint density at radius 1 is 0.231 bits per heavy atom. The number of benzene rings is 8. The smallest absolute Gasteiger partial charge is 0.164 e. The zero-order chi connectivity index (χ0) is 43.5. The lowest BCUT2D eigenvalue weighted by Gasteiger charge is -2.17. The number of nitrogens with zero attached hydrogens (tertiary/aromatic N) is 7. The molecule has 0 radical (unpaired) electrons. The molecule has 3 aromatic heterocycles. The highest BCUT2D eigenvalue weighted by molar-refractivity contribution is 5.93. The van der Waals surface area contributed by atoms with Crippen LogP contribution in [0.15, 0.2) is 218 Å². The van der Waals surface area contributed by atoms with Crippen LogP contribution < -0.4 is 0 Å². The third kappa shape index (κ3) is 8.06. The van der Waals surface area contributed by atoms with Crippen molar-refractivity contribution in [2.24, 2.45) is 0 Å². The second kappa shape index (κ2) is 17.2. The summed E-state index contributed by atoms with van der Waals surface area (Å²) in [5.74, 6) is 3.63. The van der Waals surface area contributed by atoms with Crippen molar-refractivity contribution in [3.63, 3.8) is 0 Å². The van der Waals surface area contributed by atoms with Gasteiger partial charge in [-0.3, -0.25) is 4.98 Å². The third-order valence-corrected chi connectivity index (χ3v) is 11.5.